The van der Waals surface area contributed by atoms with E-state index in [9.17, 15) is 17.6 Å². The van der Waals surface area contributed by atoms with Crippen molar-refractivity contribution in [1.29, 1.82) is 0 Å². The SMILES string of the molecule is C=CCN(Cc1ccccc1F)C(=O)CCc1nc2cc(S(=O)(=O)N(C)C)ccc2n1CC. The van der Waals surface area contributed by atoms with Gasteiger partial charge in [0.15, 0.2) is 0 Å². The molecular formula is C24H29FN4O3S. The molecule has 2 aromatic carbocycles. The van der Waals surface area contributed by atoms with Crippen molar-refractivity contribution >= 4 is 27.0 Å². The number of benzene rings is 2. The minimum atomic E-state index is -3.57. The number of hydrogen-bond donors (Lipinski definition) is 0. The number of sulfonamides is 1. The number of carbonyl (C=O) groups is 1. The van der Waals surface area contributed by atoms with Gasteiger partial charge in [-0.05, 0) is 31.2 Å². The van der Waals surface area contributed by atoms with E-state index in [1.54, 1.807) is 47.4 Å². The lowest BCUT2D eigenvalue weighted by Gasteiger charge is -2.21. The van der Waals surface area contributed by atoms with Gasteiger partial charge in [0.1, 0.15) is 11.6 Å². The molecule has 0 saturated carbocycles. The summed E-state index contributed by atoms with van der Waals surface area (Å²) < 4.78 is 42.1. The van der Waals surface area contributed by atoms with E-state index in [0.717, 1.165) is 9.82 Å². The normalized spacial score (nSPS) is 11.8. The van der Waals surface area contributed by atoms with Crippen molar-refractivity contribution in [2.45, 2.75) is 37.8 Å². The molecule has 0 bridgehead atoms. The van der Waals surface area contributed by atoms with Crippen LogP contribution in [0, 0.1) is 5.82 Å². The van der Waals surface area contributed by atoms with Gasteiger partial charge in [-0.15, -0.1) is 6.58 Å². The standard InChI is InChI=1S/C24H29FN4O3S/c1-5-15-28(17-18-9-7-8-10-20(18)25)24(30)14-13-23-26-21-16-19(33(31,32)27(3)4)11-12-22(21)29(23)6-2/h5,7-12,16H,1,6,13-15,17H2,2-4H3. The molecule has 0 atom stereocenters. The van der Waals surface area contributed by atoms with E-state index >= 15 is 0 Å². The Morgan fingerprint density at radius 1 is 1.21 bits per heavy atom. The molecule has 33 heavy (non-hydrogen) atoms. The number of aromatic nitrogens is 2. The van der Waals surface area contributed by atoms with Crippen molar-refractivity contribution in [3.8, 4) is 0 Å². The maximum Gasteiger partial charge on any atom is 0.242 e. The van der Waals surface area contributed by atoms with Crippen LogP contribution in [0.15, 0.2) is 60.0 Å². The number of hydrogen-bond acceptors (Lipinski definition) is 4. The molecule has 0 aliphatic heterocycles. The maximum absolute atomic E-state index is 14.1. The molecule has 1 amide bonds. The van der Waals surface area contributed by atoms with Gasteiger partial charge in [-0.1, -0.05) is 24.3 Å². The van der Waals surface area contributed by atoms with Gasteiger partial charge in [0.2, 0.25) is 15.9 Å². The van der Waals surface area contributed by atoms with Gasteiger partial charge < -0.3 is 9.47 Å². The molecule has 176 valence electrons. The second-order valence-corrected chi connectivity index (χ2v) is 10.0. The molecule has 9 heteroatoms. The lowest BCUT2D eigenvalue weighted by molar-refractivity contribution is -0.131. The van der Waals surface area contributed by atoms with Crippen LogP contribution in [0.4, 0.5) is 4.39 Å². The highest BCUT2D eigenvalue weighted by molar-refractivity contribution is 7.89. The summed E-state index contributed by atoms with van der Waals surface area (Å²) in [5.41, 5.74) is 1.83. The van der Waals surface area contributed by atoms with Gasteiger partial charge in [0, 0.05) is 52.1 Å². The number of halogens is 1. The van der Waals surface area contributed by atoms with E-state index in [2.05, 4.69) is 11.6 Å². The largest absolute Gasteiger partial charge is 0.335 e. The Hall–Kier alpha value is -3.04. The van der Waals surface area contributed by atoms with Crippen LogP contribution in [0.2, 0.25) is 0 Å². The molecule has 0 radical (unpaired) electrons. The summed E-state index contributed by atoms with van der Waals surface area (Å²) in [6.07, 6.45) is 2.18. The fourth-order valence-corrected chi connectivity index (χ4v) is 4.62. The minimum absolute atomic E-state index is 0.135. The number of amides is 1. The Morgan fingerprint density at radius 2 is 1.94 bits per heavy atom. The summed E-state index contributed by atoms with van der Waals surface area (Å²) in [4.78, 5) is 19.3. The number of rotatable bonds is 10. The van der Waals surface area contributed by atoms with Crippen LogP contribution in [0.5, 0.6) is 0 Å². The second-order valence-electron chi connectivity index (χ2n) is 7.86. The van der Waals surface area contributed by atoms with Crippen LogP contribution in [0.25, 0.3) is 11.0 Å². The smallest absolute Gasteiger partial charge is 0.242 e. The van der Waals surface area contributed by atoms with E-state index in [4.69, 9.17) is 0 Å². The van der Waals surface area contributed by atoms with Crippen molar-refractivity contribution in [3.05, 3.63) is 72.3 Å². The highest BCUT2D eigenvalue weighted by Gasteiger charge is 2.20. The highest BCUT2D eigenvalue weighted by atomic mass is 32.2. The predicted molar refractivity (Wildman–Crippen MR) is 127 cm³/mol. The summed E-state index contributed by atoms with van der Waals surface area (Å²) >= 11 is 0. The van der Waals surface area contributed by atoms with Gasteiger partial charge in [-0.3, -0.25) is 4.79 Å². The first-order valence-electron chi connectivity index (χ1n) is 10.7. The van der Waals surface area contributed by atoms with Gasteiger partial charge >= 0.3 is 0 Å². The van der Waals surface area contributed by atoms with E-state index in [1.807, 2.05) is 11.5 Å². The first kappa shape index (κ1) is 24.6. The van der Waals surface area contributed by atoms with E-state index in [0.29, 0.717) is 36.4 Å². The molecule has 0 spiro atoms. The molecule has 1 aromatic heterocycles. The lowest BCUT2D eigenvalue weighted by atomic mass is 10.1. The number of fused-ring (bicyclic) bond motifs is 1. The van der Waals surface area contributed by atoms with Crippen LogP contribution in [-0.4, -0.2) is 53.7 Å². The summed E-state index contributed by atoms with van der Waals surface area (Å²) in [7, 11) is -0.605. The first-order chi connectivity index (χ1) is 15.7. The van der Waals surface area contributed by atoms with Gasteiger partial charge in [-0.25, -0.2) is 22.1 Å². The number of aryl methyl sites for hydroxylation is 2. The van der Waals surface area contributed by atoms with Crippen LogP contribution < -0.4 is 0 Å². The maximum atomic E-state index is 14.1. The van der Waals surface area contributed by atoms with E-state index in [-0.39, 0.29) is 29.6 Å². The molecule has 0 N–H and O–H groups in total. The van der Waals surface area contributed by atoms with E-state index in [1.165, 1.54) is 20.2 Å². The third-order valence-electron chi connectivity index (χ3n) is 5.48. The Bertz CT molecular complexity index is 1270. The molecular weight excluding hydrogens is 443 g/mol. The van der Waals surface area contributed by atoms with Crippen molar-refractivity contribution in [2.24, 2.45) is 0 Å². The van der Waals surface area contributed by atoms with Crippen molar-refractivity contribution < 1.29 is 17.6 Å². The monoisotopic (exact) mass is 472 g/mol. The number of carbonyl (C=O) groups excluding carboxylic acids is 1. The summed E-state index contributed by atoms with van der Waals surface area (Å²) in [6, 6.07) is 11.3. The zero-order chi connectivity index (χ0) is 24.2. The van der Waals surface area contributed by atoms with Crippen molar-refractivity contribution in [3.63, 3.8) is 0 Å². The molecule has 3 rings (SSSR count). The van der Waals surface area contributed by atoms with Crippen LogP contribution in [-0.2, 0) is 34.3 Å². The van der Waals surface area contributed by atoms with Crippen molar-refractivity contribution in [2.75, 3.05) is 20.6 Å². The third kappa shape index (κ3) is 5.31. The molecule has 0 aliphatic carbocycles. The van der Waals surface area contributed by atoms with Gasteiger partial charge in [0.05, 0.1) is 15.9 Å². The Balaban J connectivity index is 1.82. The topological polar surface area (TPSA) is 75.5 Å². The zero-order valence-electron chi connectivity index (χ0n) is 19.2. The molecule has 0 unspecified atom stereocenters. The lowest BCUT2D eigenvalue weighted by Crippen LogP contribution is -2.31. The molecule has 0 saturated heterocycles. The molecule has 3 aromatic rings. The third-order valence-corrected chi connectivity index (χ3v) is 7.29. The summed E-state index contributed by atoms with van der Waals surface area (Å²) in [5, 5.41) is 0. The molecule has 0 fully saturated rings. The Labute approximate surface area is 194 Å². The molecule has 1 heterocycles. The second kappa shape index (κ2) is 10.3. The summed E-state index contributed by atoms with van der Waals surface area (Å²) in [6.45, 7) is 6.78. The zero-order valence-corrected chi connectivity index (χ0v) is 20.0. The quantitative estimate of drug-likeness (QED) is 0.423. The number of nitrogens with zero attached hydrogens (tertiary/aromatic N) is 4. The summed E-state index contributed by atoms with van der Waals surface area (Å²) in [5.74, 6) is 0.212. The predicted octanol–water partition coefficient (Wildman–Crippen LogP) is 3.59. The molecule has 7 nitrogen and oxygen atoms in total. The van der Waals surface area contributed by atoms with Crippen LogP contribution >= 0.6 is 0 Å². The molecule has 0 aliphatic rings. The average molecular weight is 473 g/mol. The van der Waals surface area contributed by atoms with Crippen LogP contribution in [0.3, 0.4) is 0 Å². The van der Waals surface area contributed by atoms with Gasteiger partial charge in [0.25, 0.3) is 0 Å². The Kier molecular flexibility index (Phi) is 7.65. The Morgan fingerprint density at radius 3 is 2.58 bits per heavy atom. The fourth-order valence-electron chi connectivity index (χ4n) is 3.69. The average Bonchev–Trinajstić information content (AvgIpc) is 3.15. The first-order valence-corrected chi connectivity index (χ1v) is 12.2. The van der Waals surface area contributed by atoms with E-state index < -0.39 is 10.0 Å². The minimum Gasteiger partial charge on any atom is -0.335 e. The van der Waals surface area contributed by atoms with Crippen LogP contribution in [0.1, 0.15) is 24.7 Å². The number of imidazole rings is 1. The van der Waals surface area contributed by atoms with Gasteiger partial charge in [-0.2, -0.15) is 0 Å². The highest BCUT2D eigenvalue weighted by Crippen LogP contribution is 2.23. The fraction of sp³-hybridized carbons (Fsp3) is 0.333. The van der Waals surface area contributed by atoms with Crippen molar-refractivity contribution in [1.82, 2.24) is 18.8 Å².